The van der Waals surface area contributed by atoms with E-state index in [1.807, 2.05) is 0 Å². The molecule has 21 heavy (non-hydrogen) atoms. The largest absolute Gasteiger partial charge is 0.444 e. The molecule has 118 valence electrons. The lowest BCUT2D eigenvalue weighted by Crippen LogP contribution is -2.61. The molecule has 1 saturated heterocycles. The molecule has 0 radical (unpaired) electrons. The van der Waals surface area contributed by atoms with Gasteiger partial charge in [-0.2, -0.15) is 4.42 Å². The zero-order chi connectivity index (χ0) is 16.0. The molecular formula is C13H17BrClNO5. The molecule has 2 aliphatic rings. The number of nitrogens with zero attached hydrogens (tertiary/aromatic N) is 1. The van der Waals surface area contributed by atoms with Gasteiger partial charge in [0.05, 0.1) is 11.4 Å². The Morgan fingerprint density at radius 3 is 2.52 bits per heavy atom. The first kappa shape index (κ1) is 16.7. The third kappa shape index (κ3) is 2.60. The number of hydrogen-bond donors (Lipinski definition) is 1. The fourth-order valence-electron chi connectivity index (χ4n) is 2.73. The lowest BCUT2D eigenvalue weighted by atomic mass is 9.70. The van der Waals surface area contributed by atoms with Crippen LogP contribution in [0, 0.1) is 0 Å². The second-order valence-electron chi connectivity index (χ2n) is 5.49. The SMILES string of the molecule is C=C(C)[C@]1(O)[C@@H](Br)[C@@H](OC(=O)N(Cl)C(C)=O)CC[C@]12CO2. The van der Waals surface area contributed by atoms with Gasteiger partial charge in [0.1, 0.15) is 17.3 Å². The number of aliphatic hydroxyl groups is 1. The van der Waals surface area contributed by atoms with Crippen LogP contribution in [0.4, 0.5) is 4.79 Å². The Kier molecular flexibility index (Phi) is 4.41. The number of hydrogen-bond acceptors (Lipinski definition) is 5. The Bertz CT molecular complexity index is 495. The molecule has 0 bridgehead atoms. The van der Waals surface area contributed by atoms with Gasteiger partial charge in [0.15, 0.2) is 0 Å². The highest BCUT2D eigenvalue weighted by atomic mass is 79.9. The number of ether oxygens (including phenoxy) is 2. The van der Waals surface area contributed by atoms with Crippen LogP contribution in [0.25, 0.3) is 0 Å². The molecule has 1 heterocycles. The number of epoxide rings is 1. The average Bonchev–Trinajstić information content (AvgIpc) is 3.19. The van der Waals surface area contributed by atoms with E-state index in [1.54, 1.807) is 6.92 Å². The van der Waals surface area contributed by atoms with Gasteiger partial charge in [-0.3, -0.25) is 4.79 Å². The van der Waals surface area contributed by atoms with E-state index < -0.39 is 34.1 Å². The number of carbonyl (C=O) groups is 2. The van der Waals surface area contributed by atoms with Crippen LogP contribution in [0.1, 0.15) is 26.7 Å². The van der Waals surface area contributed by atoms with E-state index >= 15 is 0 Å². The Morgan fingerprint density at radius 2 is 2.10 bits per heavy atom. The zero-order valence-corrected chi connectivity index (χ0v) is 14.1. The number of carbonyl (C=O) groups excluding carboxylic acids is 2. The van der Waals surface area contributed by atoms with Gasteiger partial charge in [0.2, 0.25) is 5.91 Å². The van der Waals surface area contributed by atoms with Gasteiger partial charge in [0, 0.05) is 18.7 Å². The van der Waals surface area contributed by atoms with E-state index in [4.69, 9.17) is 21.3 Å². The van der Waals surface area contributed by atoms with Crippen molar-refractivity contribution < 1.29 is 24.2 Å². The topological polar surface area (TPSA) is 79.4 Å². The molecule has 4 atom stereocenters. The molecule has 1 N–H and O–H groups in total. The summed E-state index contributed by atoms with van der Waals surface area (Å²) >= 11 is 8.92. The van der Waals surface area contributed by atoms with Gasteiger partial charge >= 0.3 is 6.09 Å². The summed E-state index contributed by atoms with van der Waals surface area (Å²) < 4.78 is 11.0. The molecule has 1 aliphatic heterocycles. The van der Waals surface area contributed by atoms with Crippen LogP contribution in [0.5, 0.6) is 0 Å². The lowest BCUT2D eigenvalue weighted by Gasteiger charge is -2.46. The highest BCUT2D eigenvalue weighted by molar-refractivity contribution is 9.09. The quantitative estimate of drug-likeness (QED) is 0.342. The van der Waals surface area contributed by atoms with E-state index in [1.165, 1.54) is 0 Å². The maximum atomic E-state index is 11.8. The van der Waals surface area contributed by atoms with E-state index in [2.05, 4.69) is 22.5 Å². The van der Waals surface area contributed by atoms with Crippen molar-refractivity contribution in [1.82, 2.24) is 4.42 Å². The summed E-state index contributed by atoms with van der Waals surface area (Å²) in [4.78, 5) is 22.2. The molecule has 2 rings (SSSR count). The number of alkyl halides is 1. The summed E-state index contributed by atoms with van der Waals surface area (Å²) in [5, 5.41) is 11.0. The van der Waals surface area contributed by atoms with E-state index in [0.29, 0.717) is 29.4 Å². The van der Waals surface area contributed by atoms with Gasteiger partial charge < -0.3 is 14.6 Å². The molecule has 6 nitrogen and oxygen atoms in total. The second-order valence-corrected chi connectivity index (χ2v) is 6.82. The van der Waals surface area contributed by atoms with Crippen molar-refractivity contribution in [2.45, 2.75) is 48.8 Å². The Hall–Kier alpha value is -0.630. The highest BCUT2D eigenvalue weighted by Gasteiger charge is 2.68. The van der Waals surface area contributed by atoms with Crippen LogP contribution >= 0.6 is 27.7 Å². The summed E-state index contributed by atoms with van der Waals surface area (Å²) in [5.74, 6) is -0.638. The van der Waals surface area contributed by atoms with Crippen LogP contribution in [0.2, 0.25) is 0 Å². The smallest absolute Gasteiger partial charge is 0.432 e. The van der Waals surface area contributed by atoms with E-state index in [9.17, 15) is 14.7 Å². The predicted molar refractivity (Wildman–Crippen MR) is 79.0 cm³/mol. The molecule has 2 amide bonds. The van der Waals surface area contributed by atoms with Crippen LogP contribution in [-0.2, 0) is 14.3 Å². The van der Waals surface area contributed by atoms with Crippen molar-refractivity contribution in [1.29, 1.82) is 0 Å². The summed E-state index contributed by atoms with van der Waals surface area (Å²) in [5.41, 5.74) is -1.49. The van der Waals surface area contributed by atoms with Crippen LogP contribution in [0.3, 0.4) is 0 Å². The normalized spacial score (nSPS) is 38.0. The number of halogens is 2. The minimum Gasteiger partial charge on any atom is -0.444 e. The Morgan fingerprint density at radius 1 is 1.52 bits per heavy atom. The fraction of sp³-hybridized carbons (Fsp3) is 0.692. The van der Waals surface area contributed by atoms with Crippen LogP contribution in [-0.4, -0.2) is 50.3 Å². The highest BCUT2D eigenvalue weighted by Crippen LogP contribution is 2.54. The Labute approximate surface area is 136 Å². The first-order valence-electron chi connectivity index (χ1n) is 6.49. The van der Waals surface area contributed by atoms with Crippen molar-refractivity contribution in [3.63, 3.8) is 0 Å². The molecule has 0 aromatic rings. The summed E-state index contributed by atoms with van der Waals surface area (Å²) in [6.45, 7) is 7.11. The van der Waals surface area contributed by atoms with Gasteiger partial charge in [0.25, 0.3) is 0 Å². The fourth-order valence-corrected chi connectivity index (χ4v) is 3.95. The Balaban J connectivity index is 2.15. The third-order valence-electron chi connectivity index (χ3n) is 4.09. The second kappa shape index (κ2) is 5.53. The molecule has 2 fully saturated rings. The molecule has 1 saturated carbocycles. The lowest BCUT2D eigenvalue weighted by molar-refractivity contribution is -0.124. The molecule has 1 aliphatic carbocycles. The first-order valence-corrected chi connectivity index (χ1v) is 7.74. The summed E-state index contributed by atoms with van der Waals surface area (Å²) in [7, 11) is 0. The molecule has 8 heteroatoms. The van der Waals surface area contributed by atoms with Gasteiger partial charge in [-0.05, 0) is 25.3 Å². The number of rotatable bonds is 2. The van der Waals surface area contributed by atoms with Gasteiger partial charge in [-0.25, -0.2) is 4.79 Å². The van der Waals surface area contributed by atoms with Crippen LogP contribution < -0.4 is 0 Å². The maximum absolute atomic E-state index is 11.8. The van der Waals surface area contributed by atoms with E-state index in [-0.39, 0.29) is 0 Å². The average molecular weight is 383 g/mol. The third-order valence-corrected chi connectivity index (χ3v) is 5.71. The maximum Gasteiger partial charge on any atom is 0.432 e. The van der Waals surface area contributed by atoms with Crippen molar-refractivity contribution in [3.8, 4) is 0 Å². The minimum absolute atomic E-state index is 0.373. The number of amides is 2. The standard InChI is InChI=1S/C13H17BrClNO5/c1-7(2)13(19)10(14)9(4-5-12(13)6-20-12)21-11(18)16(15)8(3)17/h9-10,19H,1,4-6H2,2-3H3/t9-,10-,12-,13-/m0/s1. The first-order chi connectivity index (χ1) is 9.65. The van der Waals surface area contributed by atoms with E-state index in [0.717, 1.165) is 6.92 Å². The van der Waals surface area contributed by atoms with Crippen molar-refractivity contribution >= 4 is 39.7 Å². The molecule has 0 aromatic carbocycles. The molecular weight excluding hydrogens is 366 g/mol. The monoisotopic (exact) mass is 381 g/mol. The summed E-state index contributed by atoms with van der Waals surface area (Å²) in [6, 6.07) is 0. The van der Waals surface area contributed by atoms with Crippen LogP contribution in [0.15, 0.2) is 12.2 Å². The predicted octanol–water partition coefficient (Wildman–Crippen LogP) is 2.13. The van der Waals surface area contributed by atoms with Gasteiger partial charge in [-0.15, -0.1) is 0 Å². The number of imide groups is 1. The van der Waals surface area contributed by atoms with Crippen molar-refractivity contribution in [2.75, 3.05) is 6.61 Å². The summed E-state index contributed by atoms with van der Waals surface area (Å²) in [6.07, 6.45) is -0.594. The van der Waals surface area contributed by atoms with Gasteiger partial charge in [-0.1, -0.05) is 22.5 Å². The zero-order valence-electron chi connectivity index (χ0n) is 11.8. The molecule has 0 unspecified atom stereocenters. The van der Waals surface area contributed by atoms with Crippen molar-refractivity contribution in [3.05, 3.63) is 12.2 Å². The van der Waals surface area contributed by atoms with Crippen molar-refractivity contribution in [2.24, 2.45) is 0 Å². The minimum atomic E-state index is -1.34. The molecule has 1 spiro atoms. The molecule has 0 aromatic heterocycles.